The number of imidazole rings is 1. The van der Waals surface area contributed by atoms with Crippen molar-refractivity contribution in [3.05, 3.63) is 53.9 Å². The molecule has 2 fully saturated rings. The van der Waals surface area contributed by atoms with Gasteiger partial charge < -0.3 is 9.30 Å². The van der Waals surface area contributed by atoms with Crippen molar-refractivity contribution in [2.24, 2.45) is 5.41 Å². The topological polar surface area (TPSA) is 30.3 Å². The summed E-state index contributed by atoms with van der Waals surface area (Å²) in [6.07, 6.45) is 7.35. The summed E-state index contributed by atoms with van der Waals surface area (Å²) in [6.45, 7) is 7.19. The molecule has 1 atom stereocenters. The van der Waals surface area contributed by atoms with Gasteiger partial charge >= 0.3 is 0 Å². The summed E-state index contributed by atoms with van der Waals surface area (Å²) < 4.78 is 21.3. The maximum absolute atomic E-state index is 13.0. The fourth-order valence-corrected chi connectivity index (χ4v) is 4.28. The number of likely N-dealkylation sites (tertiary alicyclic amines) is 1. The average Bonchev–Trinajstić information content (AvgIpc) is 3.18. The van der Waals surface area contributed by atoms with Gasteiger partial charge in [-0.05, 0) is 37.0 Å². The van der Waals surface area contributed by atoms with Crippen LogP contribution in [-0.2, 0) is 24.2 Å². The van der Waals surface area contributed by atoms with Crippen LogP contribution in [0.1, 0.15) is 31.2 Å². The molecule has 25 heavy (non-hydrogen) atoms. The standard InChI is InChI=1S/C20H26FN3O/c1-2-8-24-9-7-22-19(24)12-23-13-20(14-23)11-18(25-15-20)10-16-3-5-17(21)6-4-16/h3-7,9,18H,2,8,10-15H2,1H3. The Labute approximate surface area is 148 Å². The number of aryl methyl sites for hydroxylation is 1. The van der Waals surface area contributed by atoms with Crippen LogP contribution in [0.5, 0.6) is 0 Å². The summed E-state index contributed by atoms with van der Waals surface area (Å²) in [6, 6.07) is 6.79. The van der Waals surface area contributed by atoms with Gasteiger partial charge in [0, 0.05) is 37.4 Å². The van der Waals surface area contributed by atoms with Crippen LogP contribution < -0.4 is 0 Å². The summed E-state index contributed by atoms with van der Waals surface area (Å²) in [5.41, 5.74) is 1.47. The molecule has 0 aliphatic carbocycles. The highest BCUT2D eigenvalue weighted by molar-refractivity contribution is 5.17. The van der Waals surface area contributed by atoms with Crippen molar-refractivity contribution in [2.75, 3.05) is 19.7 Å². The molecule has 134 valence electrons. The largest absolute Gasteiger partial charge is 0.377 e. The second-order valence-electron chi connectivity index (χ2n) is 7.65. The summed E-state index contributed by atoms with van der Waals surface area (Å²) >= 11 is 0. The average molecular weight is 343 g/mol. The fraction of sp³-hybridized carbons (Fsp3) is 0.550. The fourth-order valence-electron chi connectivity index (χ4n) is 4.28. The minimum absolute atomic E-state index is 0.177. The zero-order valence-corrected chi connectivity index (χ0v) is 14.8. The summed E-state index contributed by atoms with van der Waals surface area (Å²) in [5, 5.41) is 0. The highest BCUT2D eigenvalue weighted by Gasteiger charge is 2.48. The molecule has 2 aromatic rings. The number of benzene rings is 1. The van der Waals surface area contributed by atoms with E-state index >= 15 is 0 Å². The highest BCUT2D eigenvalue weighted by atomic mass is 19.1. The normalized spacial score (nSPS) is 22.4. The van der Waals surface area contributed by atoms with Gasteiger partial charge in [0.25, 0.3) is 0 Å². The van der Waals surface area contributed by atoms with Crippen molar-refractivity contribution in [2.45, 2.75) is 45.4 Å². The van der Waals surface area contributed by atoms with Gasteiger partial charge in [-0.2, -0.15) is 0 Å². The molecular formula is C20H26FN3O. The third-order valence-electron chi connectivity index (χ3n) is 5.41. The van der Waals surface area contributed by atoms with E-state index in [2.05, 4.69) is 27.6 Å². The molecule has 1 aromatic heterocycles. The molecule has 4 rings (SSSR count). The molecular weight excluding hydrogens is 317 g/mol. The van der Waals surface area contributed by atoms with Crippen LogP contribution in [0.25, 0.3) is 0 Å². The first-order chi connectivity index (χ1) is 12.2. The van der Waals surface area contributed by atoms with E-state index in [0.29, 0.717) is 5.41 Å². The zero-order valence-electron chi connectivity index (χ0n) is 14.8. The van der Waals surface area contributed by atoms with Crippen molar-refractivity contribution in [3.8, 4) is 0 Å². The molecule has 0 amide bonds. The second kappa shape index (κ2) is 6.89. The number of hydrogen-bond acceptors (Lipinski definition) is 3. The lowest BCUT2D eigenvalue weighted by Gasteiger charge is -2.47. The van der Waals surface area contributed by atoms with Crippen molar-refractivity contribution >= 4 is 0 Å². The van der Waals surface area contributed by atoms with Gasteiger partial charge in [-0.15, -0.1) is 0 Å². The smallest absolute Gasteiger partial charge is 0.123 e. The van der Waals surface area contributed by atoms with Crippen molar-refractivity contribution in [3.63, 3.8) is 0 Å². The van der Waals surface area contributed by atoms with Crippen LogP contribution in [0.15, 0.2) is 36.7 Å². The lowest BCUT2D eigenvalue weighted by molar-refractivity contribution is -0.0160. The predicted molar refractivity (Wildman–Crippen MR) is 94.7 cm³/mol. The molecule has 0 radical (unpaired) electrons. The van der Waals surface area contributed by atoms with E-state index in [4.69, 9.17) is 4.74 Å². The first kappa shape index (κ1) is 16.7. The maximum atomic E-state index is 13.0. The molecule has 2 saturated heterocycles. The van der Waals surface area contributed by atoms with Crippen molar-refractivity contribution < 1.29 is 9.13 Å². The summed E-state index contributed by atoms with van der Waals surface area (Å²) in [7, 11) is 0. The summed E-state index contributed by atoms with van der Waals surface area (Å²) in [4.78, 5) is 6.98. The Bertz CT molecular complexity index is 706. The third-order valence-corrected chi connectivity index (χ3v) is 5.41. The van der Waals surface area contributed by atoms with Crippen LogP contribution in [0.3, 0.4) is 0 Å². The molecule has 0 bridgehead atoms. The van der Waals surface area contributed by atoms with E-state index in [9.17, 15) is 4.39 Å². The minimum atomic E-state index is -0.177. The minimum Gasteiger partial charge on any atom is -0.377 e. The third kappa shape index (κ3) is 3.62. The van der Waals surface area contributed by atoms with Crippen LogP contribution in [0.2, 0.25) is 0 Å². The Morgan fingerprint density at radius 2 is 2.08 bits per heavy atom. The Balaban J connectivity index is 1.28. The zero-order chi connectivity index (χ0) is 17.3. The van der Waals surface area contributed by atoms with Crippen LogP contribution in [-0.4, -0.2) is 40.3 Å². The Morgan fingerprint density at radius 1 is 1.28 bits per heavy atom. The van der Waals surface area contributed by atoms with E-state index in [-0.39, 0.29) is 11.9 Å². The molecule has 3 heterocycles. The second-order valence-corrected chi connectivity index (χ2v) is 7.65. The predicted octanol–water partition coefficient (Wildman–Crippen LogP) is 3.27. The van der Waals surface area contributed by atoms with Crippen molar-refractivity contribution in [1.29, 1.82) is 0 Å². The molecule has 2 aliphatic heterocycles. The Hall–Kier alpha value is -1.72. The van der Waals surface area contributed by atoms with Gasteiger partial charge in [-0.1, -0.05) is 19.1 Å². The van der Waals surface area contributed by atoms with Gasteiger partial charge in [-0.25, -0.2) is 9.37 Å². The van der Waals surface area contributed by atoms with Gasteiger partial charge in [0.1, 0.15) is 11.6 Å². The van der Waals surface area contributed by atoms with Crippen LogP contribution in [0, 0.1) is 11.2 Å². The quantitative estimate of drug-likeness (QED) is 0.806. The molecule has 0 N–H and O–H groups in total. The van der Waals surface area contributed by atoms with Gasteiger partial charge in [-0.3, -0.25) is 4.90 Å². The molecule has 0 saturated carbocycles. The van der Waals surface area contributed by atoms with Crippen molar-refractivity contribution in [1.82, 2.24) is 14.5 Å². The molecule has 4 nitrogen and oxygen atoms in total. The first-order valence-corrected chi connectivity index (χ1v) is 9.24. The van der Waals surface area contributed by atoms with E-state index in [1.165, 1.54) is 18.0 Å². The molecule has 1 spiro atoms. The number of nitrogens with zero attached hydrogens (tertiary/aromatic N) is 3. The van der Waals surface area contributed by atoms with Gasteiger partial charge in [0.2, 0.25) is 0 Å². The number of aromatic nitrogens is 2. The molecule has 2 aliphatic rings. The SMILES string of the molecule is CCCn1ccnc1CN1CC2(COC(Cc3ccc(F)cc3)C2)C1. The van der Waals surface area contributed by atoms with E-state index in [0.717, 1.165) is 57.6 Å². The maximum Gasteiger partial charge on any atom is 0.123 e. The number of ether oxygens (including phenoxy) is 1. The molecule has 1 aromatic carbocycles. The highest BCUT2D eigenvalue weighted by Crippen LogP contribution is 2.42. The molecule has 5 heteroatoms. The first-order valence-electron chi connectivity index (χ1n) is 9.24. The Morgan fingerprint density at radius 3 is 2.84 bits per heavy atom. The van der Waals surface area contributed by atoms with Gasteiger partial charge in [0.05, 0.1) is 19.3 Å². The van der Waals surface area contributed by atoms with E-state index in [1.54, 1.807) is 0 Å². The van der Waals surface area contributed by atoms with E-state index in [1.807, 2.05) is 18.3 Å². The van der Waals surface area contributed by atoms with E-state index < -0.39 is 0 Å². The monoisotopic (exact) mass is 343 g/mol. The van der Waals surface area contributed by atoms with Crippen LogP contribution in [0.4, 0.5) is 4.39 Å². The summed E-state index contributed by atoms with van der Waals surface area (Å²) in [5.74, 6) is 0.988. The molecule has 1 unspecified atom stereocenters. The lowest BCUT2D eigenvalue weighted by atomic mass is 9.77. The van der Waals surface area contributed by atoms with Crippen LogP contribution >= 0.6 is 0 Å². The number of hydrogen-bond donors (Lipinski definition) is 0. The number of rotatable bonds is 6. The van der Waals surface area contributed by atoms with Gasteiger partial charge in [0.15, 0.2) is 0 Å². The lowest BCUT2D eigenvalue weighted by Crippen LogP contribution is -2.56. The number of halogens is 1. The Kier molecular flexibility index (Phi) is 4.61.